The SMILES string of the molecule is Cc1c(Cl)ccc2c1/C(=C/c1ccc3c(c1)CCC(C)(C)O3)C(=O)N2. The Labute approximate surface area is 152 Å². The van der Waals surface area contributed by atoms with Crippen LogP contribution in [0.4, 0.5) is 5.69 Å². The first kappa shape index (κ1) is 16.2. The van der Waals surface area contributed by atoms with Gasteiger partial charge in [0, 0.05) is 21.8 Å². The van der Waals surface area contributed by atoms with Crippen LogP contribution >= 0.6 is 11.6 Å². The number of amides is 1. The largest absolute Gasteiger partial charge is 0.488 e. The van der Waals surface area contributed by atoms with Crippen molar-refractivity contribution in [1.29, 1.82) is 0 Å². The van der Waals surface area contributed by atoms with E-state index >= 15 is 0 Å². The van der Waals surface area contributed by atoms with Crippen LogP contribution < -0.4 is 10.1 Å². The van der Waals surface area contributed by atoms with Gasteiger partial charge in [-0.15, -0.1) is 0 Å². The highest BCUT2D eigenvalue weighted by molar-refractivity contribution is 6.37. The summed E-state index contributed by atoms with van der Waals surface area (Å²) in [5, 5.41) is 3.59. The molecule has 4 heteroatoms. The standard InChI is InChI=1S/C21H20ClNO2/c1-12-16(22)5-6-17-19(12)15(20(24)23-17)11-13-4-7-18-14(10-13)8-9-21(2,3)25-18/h4-7,10-11H,8-9H2,1-3H3,(H,23,24)/b15-11-. The topological polar surface area (TPSA) is 38.3 Å². The zero-order chi connectivity index (χ0) is 17.8. The number of halogens is 1. The Morgan fingerprint density at radius 3 is 2.84 bits per heavy atom. The quantitative estimate of drug-likeness (QED) is 0.711. The van der Waals surface area contributed by atoms with Gasteiger partial charge in [-0.05, 0) is 80.6 Å². The van der Waals surface area contributed by atoms with Crippen LogP contribution in [0.25, 0.3) is 11.6 Å². The van der Waals surface area contributed by atoms with Crippen LogP contribution in [0.5, 0.6) is 5.75 Å². The molecule has 0 aromatic heterocycles. The van der Waals surface area contributed by atoms with E-state index in [1.165, 1.54) is 5.56 Å². The molecule has 2 aromatic rings. The maximum absolute atomic E-state index is 12.4. The zero-order valence-electron chi connectivity index (χ0n) is 14.6. The van der Waals surface area contributed by atoms with Gasteiger partial charge in [0.05, 0.1) is 0 Å². The van der Waals surface area contributed by atoms with Crippen molar-refractivity contribution in [2.45, 2.75) is 39.2 Å². The van der Waals surface area contributed by atoms with E-state index in [0.717, 1.165) is 41.0 Å². The summed E-state index contributed by atoms with van der Waals surface area (Å²) in [6, 6.07) is 9.78. The van der Waals surface area contributed by atoms with Crippen molar-refractivity contribution in [2.75, 3.05) is 5.32 Å². The van der Waals surface area contributed by atoms with E-state index in [1.54, 1.807) is 0 Å². The molecule has 2 heterocycles. The summed E-state index contributed by atoms with van der Waals surface area (Å²) in [6.07, 6.45) is 3.90. The van der Waals surface area contributed by atoms with E-state index in [2.05, 4.69) is 25.2 Å². The summed E-state index contributed by atoms with van der Waals surface area (Å²) in [4.78, 5) is 12.4. The van der Waals surface area contributed by atoms with Crippen molar-refractivity contribution in [3.8, 4) is 5.75 Å². The molecule has 25 heavy (non-hydrogen) atoms. The molecule has 128 valence electrons. The fourth-order valence-corrected chi connectivity index (χ4v) is 3.67. The lowest BCUT2D eigenvalue weighted by Gasteiger charge is -2.32. The van der Waals surface area contributed by atoms with E-state index in [4.69, 9.17) is 16.3 Å². The van der Waals surface area contributed by atoms with E-state index in [1.807, 2.05) is 37.3 Å². The molecule has 0 aliphatic carbocycles. The van der Waals surface area contributed by atoms with Crippen molar-refractivity contribution in [1.82, 2.24) is 0 Å². The van der Waals surface area contributed by atoms with Gasteiger partial charge < -0.3 is 10.1 Å². The normalized spacial score (nSPS) is 19.2. The summed E-state index contributed by atoms with van der Waals surface area (Å²) in [5.41, 5.74) is 5.37. The van der Waals surface area contributed by atoms with Gasteiger partial charge in [-0.1, -0.05) is 17.7 Å². The highest BCUT2D eigenvalue weighted by Crippen LogP contribution is 2.39. The minimum atomic E-state index is -0.120. The van der Waals surface area contributed by atoms with Crippen molar-refractivity contribution in [2.24, 2.45) is 0 Å². The van der Waals surface area contributed by atoms with Gasteiger partial charge >= 0.3 is 0 Å². The molecule has 2 aliphatic heterocycles. The Balaban J connectivity index is 1.76. The maximum atomic E-state index is 12.4. The number of ether oxygens (including phenoxy) is 1. The second-order valence-electron chi connectivity index (χ2n) is 7.34. The molecule has 0 saturated carbocycles. The summed E-state index contributed by atoms with van der Waals surface area (Å²) >= 11 is 6.25. The highest BCUT2D eigenvalue weighted by atomic mass is 35.5. The highest BCUT2D eigenvalue weighted by Gasteiger charge is 2.28. The molecule has 3 nitrogen and oxygen atoms in total. The van der Waals surface area contributed by atoms with Crippen molar-refractivity contribution in [3.05, 3.63) is 57.6 Å². The third-order valence-corrected chi connectivity index (χ3v) is 5.35. The fraction of sp³-hybridized carbons (Fsp3) is 0.286. The Kier molecular flexibility index (Phi) is 3.66. The third-order valence-electron chi connectivity index (χ3n) is 4.94. The van der Waals surface area contributed by atoms with E-state index in [9.17, 15) is 4.79 Å². The van der Waals surface area contributed by atoms with Crippen LogP contribution in [0.15, 0.2) is 30.3 Å². The first-order chi connectivity index (χ1) is 11.8. The Hall–Kier alpha value is -2.26. The minimum Gasteiger partial charge on any atom is -0.488 e. The summed E-state index contributed by atoms with van der Waals surface area (Å²) in [5.74, 6) is 0.851. The van der Waals surface area contributed by atoms with Gasteiger partial charge in [-0.3, -0.25) is 4.79 Å². The van der Waals surface area contributed by atoms with E-state index in [0.29, 0.717) is 10.6 Å². The number of fused-ring (bicyclic) bond motifs is 2. The van der Waals surface area contributed by atoms with Gasteiger partial charge in [-0.2, -0.15) is 0 Å². The number of carbonyl (C=O) groups is 1. The van der Waals surface area contributed by atoms with Crippen LogP contribution in [-0.2, 0) is 11.2 Å². The molecule has 1 amide bonds. The van der Waals surface area contributed by atoms with Crippen molar-refractivity contribution >= 4 is 34.8 Å². The minimum absolute atomic E-state index is 0.0875. The zero-order valence-corrected chi connectivity index (χ0v) is 15.3. The second-order valence-corrected chi connectivity index (χ2v) is 7.74. The molecule has 2 aliphatic rings. The molecular formula is C21H20ClNO2. The molecule has 0 spiro atoms. The van der Waals surface area contributed by atoms with Gasteiger partial charge in [0.25, 0.3) is 5.91 Å². The number of hydrogen-bond acceptors (Lipinski definition) is 2. The van der Waals surface area contributed by atoms with Crippen molar-refractivity contribution in [3.63, 3.8) is 0 Å². The van der Waals surface area contributed by atoms with Crippen LogP contribution in [0.2, 0.25) is 5.02 Å². The Bertz CT molecular complexity index is 928. The number of rotatable bonds is 1. The molecule has 0 fully saturated rings. The summed E-state index contributed by atoms with van der Waals surface area (Å²) in [6.45, 7) is 6.16. The molecule has 4 rings (SSSR count). The molecule has 0 saturated heterocycles. The van der Waals surface area contributed by atoms with Crippen LogP contribution in [-0.4, -0.2) is 11.5 Å². The summed E-state index contributed by atoms with van der Waals surface area (Å²) < 4.78 is 6.04. The lowest BCUT2D eigenvalue weighted by molar-refractivity contribution is -0.110. The lowest BCUT2D eigenvalue weighted by atomic mass is 9.92. The van der Waals surface area contributed by atoms with Gasteiger partial charge in [0.15, 0.2) is 0 Å². The molecular weight excluding hydrogens is 334 g/mol. The molecule has 0 radical (unpaired) electrons. The average molecular weight is 354 g/mol. The predicted molar refractivity (Wildman–Crippen MR) is 102 cm³/mol. The smallest absolute Gasteiger partial charge is 0.256 e. The molecule has 1 N–H and O–H groups in total. The Morgan fingerprint density at radius 1 is 1.24 bits per heavy atom. The number of carbonyl (C=O) groups excluding carboxylic acids is 1. The average Bonchev–Trinajstić information content (AvgIpc) is 2.87. The molecule has 2 aromatic carbocycles. The van der Waals surface area contributed by atoms with Gasteiger partial charge in [-0.25, -0.2) is 0 Å². The monoisotopic (exact) mass is 353 g/mol. The molecule has 0 atom stereocenters. The number of anilines is 1. The maximum Gasteiger partial charge on any atom is 0.256 e. The first-order valence-corrected chi connectivity index (χ1v) is 8.86. The predicted octanol–water partition coefficient (Wildman–Crippen LogP) is 5.24. The third kappa shape index (κ3) is 2.83. The first-order valence-electron chi connectivity index (χ1n) is 8.48. The number of benzene rings is 2. The van der Waals surface area contributed by atoms with Crippen LogP contribution in [0, 0.1) is 6.92 Å². The molecule has 0 bridgehead atoms. The van der Waals surface area contributed by atoms with Crippen molar-refractivity contribution < 1.29 is 9.53 Å². The number of aryl methyl sites for hydroxylation is 1. The van der Waals surface area contributed by atoms with E-state index < -0.39 is 0 Å². The Morgan fingerprint density at radius 2 is 2.04 bits per heavy atom. The van der Waals surface area contributed by atoms with Gasteiger partial charge in [0.1, 0.15) is 11.4 Å². The van der Waals surface area contributed by atoms with Gasteiger partial charge in [0.2, 0.25) is 0 Å². The summed E-state index contributed by atoms with van der Waals surface area (Å²) in [7, 11) is 0. The molecule has 0 unspecified atom stereocenters. The van der Waals surface area contributed by atoms with Crippen LogP contribution in [0.1, 0.15) is 42.5 Å². The lowest BCUT2D eigenvalue weighted by Crippen LogP contribution is -2.32. The number of nitrogens with one attached hydrogen (secondary N) is 1. The second kappa shape index (κ2) is 5.63. The number of hydrogen-bond donors (Lipinski definition) is 1. The fourth-order valence-electron chi connectivity index (χ4n) is 3.51. The van der Waals surface area contributed by atoms with Crippen LogP contribution in [0.3, 0.4) is 0 Å². The van der Waals surface area contributed by atoms with E-state index in [-0.39, 0.29) is 11.5 Å².